The monoisotopic (exact) mass is 418 g/mol. The Labute approximate surface area is 178 Å². The normalized spacial score (nSPS) is 15.9. The predicted molar refractivity (Wildman–Crippen MR) is 114 cm³/mol. The Hall–Kier alpha value is -3.95. The second-order valence-corrected chi connectivity index (χ2v) is 7.34. The standard InChI is InChI=1S/C21H22N8O2/c1-13-10-19(27-26-13)23-18-12-20(30-2)25-21(24-18)29-9-5-7-16(29)17-11-15(28-31-17)14-6-3-4-8-22-14/h3-4,6,8,10-12,16H,5,7,9H2,1-2H3,(H2,23,24,25,26,27). The number of hydrogen-bond donors (Lipinski definition) is 2. The fraction of sp³-hybridized carbons (Fsp3) is 0.286. The molecule has 1 fully saturated rings. The van der Waals surface area contributed by atoms with E-state index in [1.807, 2.05) is 37.3 Å². The SMILES string of the molecule is COc1cc(Nc2cc(C)[nH]n2)nc(N2CCCC2c2cc(-c3ccccn3)no2)n1. The Morgan fingerprint density at radius 1 is 1.16 bits per heavy atom. The molecule has 4 aromatic heterocycles. The minimum atomic E-state index is -0.0162. The van der Waals surface area contributed by atoms with Crippen LogP contribution in [0.3, 0.4) is 0 Å². The molecule has 0 aromatic carbocycles. The molecule has 0 radical (unpaired) electrons. The number of rotatable bonds is 6. The molecule has 1 aliphatic rings. The summed E-state index contributed by atoms with van der Waals surface area (Å²) in [6, 6.07) is 11.3. The zero-order valence-electron chi connectivity index (χ0n) is 17.2. The van der Waals surface area contributed by atoms with Crippen molar-refractivity contribution >= 4 is 17.6 Å². The number of pyridine rings is 1. The lowest BCUT2D eigenvalue weighted by Crippen LogP contribution is -2.24. The summed E-state index contributed by atoms with van der Waals surface area (Å²) in [5.74, 6) is 3.08. The Balaban J connectivity index is 1.43. The van der Waals surface area contributed by atoms with E-state index in [0.717, 1.165) is 36.5 Å². The summed E-state index contributed by atoms with van der Waals surface area (Å²) in [6.07, 6.45) is 3.65. The lowest BCUT2D eigenvalue weighted by atomic mass is 10.1. The summed E-state index contributed by atoms with van der Waals surface area (Å²) < 4.78 is 11.1. The van der Waals surface area contributed by atoms with Gasteiger partial charge < -0.3 is 19.5 Å². The van der Waals surface area contributed by atoms with Gasteiger partial charge in [0.05, 0.1) is 18.8 Å². The zero-order valence-corrected chi connectivity index (χ0v) is 17.2. The molecule has 5 rings (SSSR count). The Morgan fingerprint density at radius 2 is 2.10 bits per heavy atom. The molecule has 0 aliphatic carbocycles. The molecule has 1 atom stereocenters. The van der Waals surface area contributed by atoms with E-state index in [0.29, 0.717) is 29.2 Å². The van der Waals surface area contributed by atoms with Crippen LogP contribution in [0.1, 0.15) is 30.3 Å². The molecule has 158 valence electrons. The number of aryl methyl sites for hydroxylation is 1. The first-order valence-electron chi connectivity index (χ1n) is 10.1. The highest BCUT2D eigenvalue weighted by atomic mass is 16.5. The van der Waals surface area contributed by atoms with Crippen LogP contribution in [0, 0.1) is 6.92 Å². The van der Waals surface area contributed by atoms with Crippen LogP contribution in [0.25, 0.3) is 11.4 Å². The van der Waals surface area contributed by atoms with Crippen molar-refractivity contribution in [3.05, 3.63) is 54.0 Å². The average molecular weight is 418 g/mol. The topological polar surface area (TPSA) is 118 Å². The van der Waals surface area contributed by atoms with Crippen molar-refractivity contribution in [2.24, 2.45) is 0 Å². The first-order valence-corrected chi connectivity index (χ1v) is 10.1. The van der Waals surface area contributed by atoms with Crippen LogP contribution < -0.4 is 15.0 Å². The van der Waals surface area contributed by atoms with E-state index in [9.17, 15) is 0 Å². The van der Waals surface area contributed by atoms with Crippen molar-refractivity contribution in [1.82, 2.24) is 30.3 Å². The molecular formula is C21H22N8O2. The van der Waals surface area contributed by atoms with Gasteiger partial charge >= 0.3 is 0 Å². The van der Waals surface area contributed by atoms with Gasteiger partial charge in [-0.15, -0.1) is 0 Å². The van der Waals surface area contributed by atoms with Crippen LogP contribution in [0.15, 0.2) is 47.1 Å². The van der Waals surface area contributed by atoms with Gasteiger partial charge in [-0.3, -0.25) is 10.1 Å². The maximum absolute atomic E-state index is 5.69. The molecule has 2 N–H and O–H groups in total. The van der Waals surface area contributed by atoms with E-state index in [1.54, 1.807) is 19.4 Å². The summed E-state index contributed by atoms with van der Waals surface area (Å²) in [6.45, 7) is 2.74. The molecule has 1 aliphatic heterocycles. The summed E-state index contributed by atoms with van der Waals surface area (Å²) in [5, 5.41) is 14.5. The Morgan fingerprint density at radius 3 is 2.87 bits per heavy atom. The third kappa shape index (κ3) is 3.91. The van der Waals surface area contributed by atoms with E-state index in [1.165, 1.54) is 0 Å². The van der Waals surface area contributed by atoms with Crippen molar-refractivity contribution < 1.29 is 9.26 Å². The summed E-state index contributed by atoms with van der Waals surface area (Å²) in [5.41, 5.74) is 2.45. The minimum Gasteiger partial charge on any atom is -0.481 e. The number of anilines is 3. The van der Waals surface area contributed by atoms with Gasteiger partial charge in [-0.05, 0) is 31.9 Å². The van der Waals surface area contributed by atoms with Gasteiger partial charge in [-0.2, -0.15) is 15.1 Å². The quantitative estimate of drug-likeness (QED) is 0.483. The lowest BCUT2D eigenvalue weighted by molar-refractivity contribution is 0.361. The highest BCUT2D eigenvalue weighted by Crippen LogP contribution is 2.37. The molecule has 31 heavy (non-hydrogen) atoms. The molecule has 0 spiro atoms. The van der Waals surface area contributed by atoms with Crippen molar-refractivity contribution in [1.29, 1.82) is 0 Å². The lowest BCUT2D eigenvalue weighted by Gasteiger charge is -2.23. The van der Waals surface area contributed by atoms with E-state index < -0.39 is 0 Å². The fourth-order valence-corrected chi connectivity index (χ4v) is 3.71. The van der Waals surface area contributed by atoms with Crippen LogP contribution >= 0.6 is 0 Å². The van der Waals surface area contributed by atoms with Gasteiger partial charge in [0.15, 0.2) is 11.6 Å². The molecule has 1 saturated heterocycles. The summed E-state index contributed by atoms with van der Waals surface area (Å²) in [7, 11) is 1.59. The Bertz CT molecular complexity index is 1170. The van der Waals surface area contributed by atoms with Gasteiger partial charge in [-0.25, -0.2) is 0 Å². The molecule has 0 amide bonds. The zero-order chi connectivity index (χ0) is 21.2. The van der Waals surface area contributed by atoms with Crippen LogP contribution in [0.2, 0.25) is 0 Å². The molecular weight excluding hydrogens is 396 g/mol. The number of nitrogens with one attached hydrogen (secondary N) is 2. The largest absolute Gasteiger partial charge is 0.481 e. The second-order valence-electron chi connectivity index (χ2n) is 7.34. The van der Waals surface area contributed by atoms with E-state index in [4.69, 9.17) is 14.2 Å². The Kier molecular flexibility index (Phi) is 4.95. The number of hydrogen-bond acceptors (Lipinski definition) is 9. The third-order valence-corrected chi connectivity index (χ3v) is 5.16. The van der Waals surface area contributed by atoms with Gasteiger partial charge in [0.2, 0.25) is 11.8 Å². The number of H-pyrrole nitrogens is 1. The van der Waals surface area contributed by atoms with Crippen LogP contribution in [-0.4, -0.2) is 44.0 Å². The van der Waals surface area contributed by atoms with Gasteiger partial charge in [0.25, 0.3) is 0 Å². The number of nitrogens with zero attached hydrogens (tertiary/aromatic N) is 6. The molecule has 10 heteroatoms. The highest BCUT2D eigenvalue weighted by molar-refractivity contribution is 5.57. The van der Waals surface area contributed by atoms with E-state index in [-0.39, 0.29) is 6.04 Å². The highest BCUT2D eigenvalue weighted by Gasteiger charge is 2.32. The molecule has 10 nitrogen and oxygen atoms in total. The van der Waals surface area contributed by atoms with Crippen molar-refractivity contribution in [2.45, 2.75) is 25.8 Å². The molecule has 0 saturated carbocycles. The van der Waals surface area contributed by atoms with Crippen molar-refractivity contribution in [3.63, 3.8) is 0 Å². The predicted octanol–water partition coefficient (Wildman–Crippen LogP) is 3.65. The third-order valence-electron chi connectivity index (χ3n) is 5.16. The molecule has 0 bridgehead atoms. The first kappa shape index (κ1) is 19.0. The maximum Gasteiger partial charge on any atom is 0.231 e. The smallest absolute Gasteiger partial charge is 0.231 e. The first-order chi connectivity index (χ1) is 15.2. The molecule has 1 unspecified atom stereocenters. The minimum absolute atomic E-state index is 0.0162. The number of ether oxygens (including phenoxy) is 1. The van der Waals surface area contributed by atoms with Crippen LogP contribution in [0.4, 0.5) is 17.6 Å². The number of aromatic nitrogens is 6. The van der Waals surface area contributed by atoms with E-state index >= 15 is 0 Å². The van der Waals surface area contributed by atoms with Gasteiger partial charge in [0.1, 0.15) is 11.5 Å². The molecule has 4 aromatic rings. The van der Waals surface area contributed by atoms with Gasteiger partial charge in [-0.1, -0.05) is 11.2 Å². The van der Waals surface area contributed by atoms with Crippen molar-refractivity contribution in [2.75, 3.05) is 23.9 Å². The van der Waals surface area contributed by atoms with Gasteiger partial charge in [0, 0.05) is 36.6 Å². The summed E-state index contributed by atoms with van der Waals surface area (Å²) in [4.78, 5) is 15.7. The van der Waals surface area contributed by atoms with Crippen molar-refractivity contribution in [3.8, 4) is 17.3 Å². The number of methoxy groups -OCH3 is 1. The van der Waals surface area contributed by atoms with Crippen LogP contribution in [-0.2, 0) is 0 Å². The molecule has 5 heterocycles. The van der Waals surface area contributed by atoms with E-state index in [2.05, 4.69) is 35.5 Å². The fourth-order valence-electron chi connectivity index (χ4n) is 3.71. The number of aromatic amines is 1. The second kappa shape index (κ2) is 8.05. The maximum atomic E-state index is 5.69. The van der Waals surface area contributed by atoms with Crippen LogP contribution in [0.5, 0.6) is 5.88 Å². The average Bonchev–Trinajstić information content (AvgIpc) is 3.55. The summed E-state index contributed by atoms with van der Waals surface area (Å²) >= 11 is 0.